The Bertz CT molecular complexity index is 882. The molecule has 5 nitrogen and oxygen atoms in total. The number of aryl methyl sites for hydroxylation is 2. The van der Waals surface area contributed by atoms with E-state index < -0.39 is 0 Å². The van der Waals surface area contributed by atoms with Crippen LogP contribution in [0.3, 0.4) is 0 Å². The lowest BCUT2D eigenvalue weighted by atomic mass is 10.1. The molecule has 2 aromatic carbocycles. The predicted molar refractivity (Wildman–Crippen MR) is 109 cm³/mol. The van der Waals surface area contributed by atoms with E-state index in [0.717, 1.165) is 28.9 Å². The summed E-state index contributed by atoms with van der Waals surface area (Å²) in [5.74, 6) is -0.0277. The Balaban J connectivity index is 1.57. The quantitative estimate of drug-likeness (QED) is 0.674. The maximum absolute atomic E-state index is 12.5. The van der Waals surface area contributed by atoms with Crippen LogP contribution in [0.5, 0.6) is 0 Å². The smallest absolute Gasteiger partial charge is 0.241 e. The summed E-state index contributed by atoms with van der Waals surface area (Å²) in [6, 6.07) is 16.0. The molecule has 0 saturated carbocycles. The van der Waals surface area contributed by atoms with Gasteiger partial charge in [-0.25, -0.2) is 0 Å². The van der Waals surface area contributed by atoms with E-state index in [1.54, 1.807) is 6.20 Å². The minimum Gasteiger partial charge on any atom is -0.324 e. The van der Waals surface area contributed by atoms with Crippen molar-refractivity contribution in [3.8, 4) is 0 Å². The zero-order valence-electron chi connectivity index (χ0n) is 16.1. The van der Waals surface area contributed by atoms with Gasteiger partial charge in [-0.3, -0.25) is 9.48 Å². The Labute approximate surface area is 160 Å². The minimum atomic E-state index is -0.293. The third-order valence-electron chi connectivity index (χ3n) is 4.63. The number of nitrogens with zero attached hydrogens (tertiary/aromatic N) is 2. The van der Waals surface area contributed by atoms with Gasteiger partial charge in [0, 0.05) is 24.6 Å². The average Bonchev–Trinajstić information content (AvgIpc) is 3.16. The van der Waals surface area contributed by atoms with E-state index in [9.17, 15) is 4.79 Å². The highest BCUT2D eigenvalue weighted by molar-refractivity contribution is 5.95. The Kier molecular flexibility index (Phi) is 6.04. The number of benzene rings is 2. The molecule has 0 radical (unpaired) electrons. The summed E-state index contributed by atoms with van der Waals surface area (Å²) in [7, 11) is 0. The van der Waals surface area contributed by atoms with Gasteiger partial charge in [0.2, 0.25) is 5.91 Å². The van der Waals surface area contributed by atoms with Gasteiger partial charge in [0.25, 0.3) is 0 Å². The lowest BCUT2D eigenvalue weighted by Crippen LogP contribution is -2.37. The van der Waals surface area contributed by atoms with Crippen LogP contribution in [0.4, 0.5) is 5.69 Å². The highest BCUT2D eigenvalue weighted by Gasteiger charge is 2.14. The number of carbonyl (C=O) groups is 1. The molecular formula is C22H26N4O. The van der Waals surface area contributed by atoms with Crippen LogP contribution in [0.25, 0.3) is 0 Å². The first kappa shape index (κ1) is 18.9. The fourth-order valence-electron chi connectivity index (χ4n) is 3.03. The summed E-state index contributed by atoms with van der Waals surface area (Å²) in [5, 5.41) is 10.6. The standard InChI is InChI=1S/C22H26N4O/c1-16-7-4-8-17(2)21(16)25-22(27)18(3)23-14-19-9-5-10-20(13-19)15-26-12-6-11-24-26/h4-13,18,23H,14-15H2,1-3H3,(H,25,27)/t18-/m0/s1. The first-order valence-electron chi connectivity index (χ1n) is 9.18. The normalized spacial score (nSPS) is 12.0. The molecule has 140 valence electrons. The Morgan fingerprint density at radius 1 is 1.07 bits per heavy atom. The molecule has 27 heavy (non-hydrogen) atoms. The van der Waals surface area contributed by atoms with E-state index in [4.69, 9.17) is 0 Å². The summed E-state index contributed by atoms with van der Waals surface area (Å²) >= 11 is 0. The SMILES string of the molecule is Cc1cccc(C)c1NC(=O)[C@H](C)NCc1cccc(Cn2cccn2)c1. The van der Waals surface area contributed by atoms with Gasteiger partial charge in [-0.1, -0.05) is 42.5 Å². The summed E-state index contributed by atoms with van der Waals surface area (Å²) in [6.07, 6.45) is 3.73. The van der Waals surface area contributed by atoms with Crippen LogP contribution >= 0.6 is 0 Å². The molecule has 0 fully saturated rings. The molecule has 0 bridgehead atoms. The summed E-state index contributed by atoms with van der Waals surface area (Å²) in [5.41, 5.74) is 5.37. The Morgan fingerprint density at radius 3 is 2.48 bits per heavy atom. The van der Waals surface area contributed by atoms with E-state index in [1.165, 1.54) is 5.56 Å². The second-order valence-corrected chi connectivity index (χ2v) is 6.88. The second-order valence-electron chi connectivity index (χ2n) is 6.88. The number of para-hydroxylation sites is 1. The summed E-state index contributed by atoms with van der Waals surface area (Å²) in [4.78, 5) is 12.5. The van der Waals surface area contributed by atoms with E-state index >= 15 is 0 Å². The largest absolute Gasteiger partial charge is 0.324 e. The van der Waals surface area contributed by atoms with Crippen LogP contribution in [0.15, 0.2) is 60.9 Å². The second kappa shape index (κ2) is 8.64. The first-order valence-corrected chi connectivity index (χ1v) is 9.18. The fraction of sp³-hybridized carbons (Fsp3) is 0.273. The van der Waals surface area contributed by atoms with Crippen molar-refractivity contribution in [2.75, 3.05) is 5.32 Å². The van der Waals surface area contributed by atoms with Gasteiger partial charge >= 0.3 is 0 Å². The predicted octanol–water partition coefficient (Wildman–Crippen LogP) is 3.67. The molecule has 3 aromatic rings. The highest BCUT2D eigenvalue weighted by atomic mass is 16.2. The van der Waals surface area contributed by atoms with Gasteiger partial charge in [-0.15, -0.1) is 0 Å². The lowest BCUT2D eigenvalue weighted by Gasteiger charge is -2.17. The van der Waals surface area contributed by atoms with E-state index in [1.807, 2.05) is 62.0 Å². The van der Waals surface area contributed by atoms with Crippen LogP contribution in [0.1, 0.15) is 29.2 Å². The van der Waals surface area contributed by atoms with Crippen LogP contribution in [-0.2, 0) is 17.9 Å². The van der Waals surface area contributed by atoms with E-state index in [0.29, 0.717) is 6.54 Å². The number of nitrogens with one attached hydrogen (secondary N) is 2. The van der Waals surface area contributed by atoms with Gasteiger partial charge in [0.15, 0.2) is 0 Å². The number of hydrogen-bond donors (Lipinski definition) is 2. The number of anilines is 1. The first-order chi connectivity index (χ1) is 13.0. The van der Waals surface area contributed by atoms with Crippen LogP contribution in [0, 0.1) is 13.8 Å². The summed E-state index contributed by atoms with van der Waals surface area (Å²) < 4.78 is 1.90. The molecule has 1 amide bonds. The average molecular weight is 362 g/mol. The Hall–Kier alpha value is -2.92. The zero-order chi connectivity index (χ0) is 19.2. The van der Waals surface area contributed by atoms with Crippen LogP contribution in [-0.4, -0.2) is 21.7 Å². The molecule has 3 rings (SSSR count). The molecule has 1 atom stereocenters. The molecule has 5 heteroatoms. The van der Waals surface area contributed by atoms with Crippen LogP contribution < -0.4 is 10.6 Å². The van der Waals surface area contributed by atoms with Gasteiger partial charge in [-0.2, -0.15) is 5.10 Å². The third kappa shape index (κ3) is 5.05. The van der Waals surface area contributed by atoms with Crippen molar-refractivity contribution in [3.05, 3.63) is 83.2 Å². The van der Waals surface area contributed by atoms with Gasteiger partial charge in [-0.05, 0) is 49.1 Å². The molecule has 1 aromatic heterocycles. The van der Waals surface area contributed by atoms with Gasteiger partial charge in [0.1, 0.15) is 0 Å². The number of aromatic nitrogens is 2. The topological polar surface area (TPSA) is 59.0 Å². The van der Waals surface area contributed by atoms with E-state index in [-0.39, 0.29) is 11.9 Å². The molecule has 0 aliphatic carbocycles. The molecule has 1 heterocycles. The zero-order valence-corrected chi connectivity index (χ0v) is 16.1. The molecule has 0 aliphatic rings. The third-order valence-corrected chi connectivity index (χ3v) is 4.63. The molecule has 2 N–H and O–H groups in total. The fourth-order valence-corrected chi connectivity index (χ4v) is 3.03. The molecule has 0 unspecified atom stereocenters. The van der Waals surface area contributed by atoms with Crippen LogP contribution in [0.2, 0.25) is 0 Å². The number of rotatable bonds is 7. The van der Waals surface area contributed by atoms with Crippen molar-refractivity contribution in [1.82, 2.24) is 15.1 Å². The molecule has 0 saturated heterocycles. The maximum Gasteiger partial charge on any atom is 0.241 e. The maximum atomic E-state index is 12.5. The molecule has 0 spiro atoms. The van der Waals surface area contributed by atoms with Crippen molar-refractivity contribution < 1.29 is 4.79 Å². The van der Waals surface area contributed by atoms with E-state index in [2.05, 4.69) is 33.9 Å². The van der Waals surface area contributed by atoms with Crippen molar-refractivity contribution in [2.24, 2.45) is 0 Å². The van der Waals surface area contributed by atoms with Crippen molar-refractivity contribution in [2.45, 2.75) is 39.9 Å². The lowest BCUT2D eigenvalue weighted by molar-refractivity contribution is -0.117. The molecular weight excluding hydrogens is 336 g/mol. The monoisotopic (exact) mass is 362 g/mol. The molecule has 0 aliphatic heterocycles. The summed E-state index contributed by atoms with van der Waals surface area (Å²) in [6.45, 7) is 7.27. The van der Waals surface area contributed by atoms with Gasteiger partial charge < -0.3 is 10.6 Å². The number of amides is 1. The minimum absolute atomic E-state index is 0.0277. The van der Waals surface area contributed by atoms with Gasteiger partial charge in [0.05, 0.1) is 12.6 Å². The highest BCUT2D eigenvalue weighted by Crippen LogP contribution is 2.19. The van der Waals surface area contributed by atoms with Crippen molar-refractivity contribution in [3.63, 3.8) is 0 Å². The van der Waals surface area contributed by atoms with Crippen molar-refractivity contribution in [1.29, 1.82) is 0 Å². The number of carbonyl (C=O) groups excluding carboxylic acids is 1. The number of hydrogen-bond acceptors (Lipinski definition) is 3. The van der Waals surface area contributed by atoms with Crippen molar-refractivity contribution >= 4 is 11.6 Å². The Morgan fingerprint density at radius 2 is 1.78 bits per heavy atom.